The number of hydrogen-bond acceptors (Lipinski definition) is 4. The summed E-state index contributed by atoms with van der Waals surface area (Å²) in [7, 11) is 0. The minimum atomic E-state index is -0.838. The lowest BCUT2D eigenvalue weighted by Crippen LogP contribution is -2.65. The second-order valence-corrected chi connectivity index (χ2v) is 4.69. The standard InChI is InChI=1S/C13H15N3O2/c1-9-3-2-4-11(10(9)6-14)16-13(5-12(17)18)7-15-8-13/h2-4,15-16H,5,7-8H2,1H3,(H,17,18). The molecule has 94 valence electrons. The van der Waals surface area contributed by atoms with Crippen LogP contribution in [0.1, 0.15) is 17.5 Å². The van der Waals surface area contributed by atoms with Gasteiger partial charge in [0, 0.05) is 13.1 Å². The summed E-state index contributed by atoms with van der Waals surface area (Å²) in [4.78, 5) is 10.9. The van der Waals surface area contributed by atoms with Crippen LogP contribution in [0.25, 0.3) is 0 Å². The monoisotopic (exact) mass is 245 g/mol. The van der Waals surface area contributed by atoms with E-state index in [0.717, 1.165) is 5.56 Å². The molecule has 3 N–H and O–H groups in total. The van der Waals surface area contributed by atoms with E-state index < -0.39 is 11.5 Å². The van der Waals surface area contributed by atoms with Gasteiger partial charge < -0.3 is 15.7 Å². The van der Waals surface area contributed by atoms with Gasteiger partial charge in [0.25, 0.3) is 0 Å². The first kappa shape index (κ1) is 12.4. The van der Waals surface area contributed by atoms with E-state index in [4.69, 9.17) is 10.4 Å². The third kappa shape index (κ3) is 2.29. The van der Waals surface area contributed by atoms with E-state index in [1.54, 1.807) is 0 Å². The molecule has 0 amide bonds. The van der Waals surface area contributed by atoms with Crippen LogP contribution >= 0.6 is 0 Å². The highest BCUT2D eigenvalue weighted by atomic mass is 16.4. The van der Waals surface area contributed by atoms with Gasteiger partial charge in [-0.15, -0.1) is 0 Å². The lowest BCUT2D eigenvalue weighted by atomic mass is 9.87. The minimum Gasteiger partial charge on any atom is -0.481 e. The van der Waals surface area contributed by atoms with Crippen LogP contribution in [0.3, 0.4) is 0 Å². The number of benzene rings is 1. The Morgan fingerprint density at radius 2 is 2.33 bits per heavy atom. The molecule has 2 rings (SSSR count). The van der Waals surface area contributed by atoms with Gasteiger partial charge in [0.1, 0.15) is 6.07 Å². The first-order valence-corrected chi connectivity index (χ1v) is 5.77. The zero-order valence-electron chi connectivity index (χ0n) is 10.2. The van der Waals surface area contributed by atoms with E-state index in [1.165, 1.54) is 0 Å². The lowest BCUT2D eigenvalue weighted by Gasteiger charge is -2.43. The van der Waals surface area contributed by atoms with Crippen molar-refractivity contribution < 1.29 is 9.90 Å². The first-order chi connectivity index (χ1) is 8.56. The SMILES string of the molecule is Cc1cccc(NC2(CC(=O)O)CNC2)c1C#N. The van der Waals surface area contributed by atoms with Crippen LogP contribution < -0.4 is 10.6 Å². The van der Waals surface area contributed by atoms with Crippen molar-refractivity contribution in [1.82, 2.24) is 5.32 Å². The first-order valence-electron chi connectivity index (χ1n) is 5.77. The largest absolute Gasteiger partial charge is 0.481 e. The van der Waals surface area contributed by atoms with Gasteiger partial charge in [-0.2, -0.15) is 5.26 Å². The molecular weight excluding hydrogens is 230 g/mol. The second-order valence-electron chi connectivity index (χ2n) is 4.69. The number of aryl methyl sites for hydroxylation is 1. The molecule has 0 atom stereocenters. The zero-order chi connectivity index (χ0) is 13.2. The fourth-order valence-electron chi connectivity index (χ4n) is 2.18. The molecule has 18 heavy (non-hydrogen) atoms. The van der Waals surface area contributed by atoms with E-state index >= 15 is 0 Å². The molecule has 0 aliphatic carbocycles. The van der Waals surface area contributed by atoms with Crippen molar-refractivity contribution in [3.63, 3.8) is 0 Å². The van der Waals surface area contributed by atoms with E-state index in [0.29, 0.717) is 24.3 Å². The molecular formula is C13H15N3O2. The number of aliphatic carboxylic acids is 1. The summed E-state index contributed by atoms with van der Waals surface area (Å²) in [6.45, 7) is 3.06. The number of rotatable bonds is 4. The smallest absolute Gasteiger partial charge is 0.305 e. The Bertz CT molecular complexity index is 515. The molecule has 0 radical (unpaired) electrons. The maximum absolute atomic E-state index is 10.9. The lowest BCUT2D eigenvalue weighted by molar-refractivity contribution is -0.138. The summed E-state index contributed by atoms with van der Waals surface area (Å²) >= 11 is 0. The van der Waals surface area contributed by atoms with Gasteiger partial charge in [0.2, 0.25) is 0 Å². The summed E-state index contributed by atoms with van der Waals surface area (Å²) in [5.41, 5.74) is 1.69. The Labute approximate surface area is 105 Å². The molecule has 1 aromatic carbocycles. The highest BCUT2D eigenvalue weighted by molar-refractivity contribution is 5.71. The molecule has 5 nitrogen and oxygen atoms in total. The van der Waals surface area contributed by atoms with Crippen LogP contribution in [0.4, 0.5) is 5.69 Å². The Morgan fingerprint density at radius 3 is 2.83 bits per heavy atom. The highest BCUT2D eigenvalue weighted by Gasteiger charge is 2.39. The Morgan fingerprint density at radius 1 is 1.61 bits per heavy atom. The number of carbonyl (C=O) groups is 1. The summed E-state index contributed by atoms with van der Waals surface area (Å²) < 4.78 is 0. The van der Waals surface area contributed by atoms with Crippen LogP contribution in [0.2, 0.25) is 0 Å². The molecule has 0 aromatic heterocycles. The molecule has 1 aliphatic rings. The van der Waals surface area contributed by atoms with E-state index in [2.05, 4.69) is 16.7 Å². The molecule has 1 fully saturated rings. The molecule has 1 heterocycles. The van der Waals surface area contributed by atoms with Crippen molar-refractivity contribution in [2.45, 2.75) is 18.9 Å². The van der Waals surface area contributed by atoms with Crippen molar-refractivity contribution in [2.24, 2.45) is 0 Å². The summed E-state index contributed by atoms with van der Waals surface area (Å²) in [5, 5.41) is 24.4. The predicted octanol–water partition coefficient (Wildman–Crippen LogP) is 1.10. The molecule has 1 aliphatic heterocycles. The second kappa shape index (κ2) is 4.67. The van der Waals surface area contributed by atoms with Gasteiger partial charge in [-0.1, -0.05) is 12.1 Å². The Kier molecular flexibility index (Phi) is 3.21. The van der Waals surface area contributed by atoms with Crippen LogP contribution in [0.5, 0.6) is 0 Å². The van der Waals surface area contributed by atoms with Gasteiger partial charge in [-0.3, -0.25) is 4.79 Å². The highest BCUT2D eigenvalue weighted by Crippen LogP contribution is 2.26. The van der Waals surface area contributed by atoms with E-state index in [-0.39, 0.29) is 6.42 Å². The van der Waals surface area contributed by atoms with Crippen LogP contribution in [-0.4, -0.2) is 29.7 Å². The minimum absolute atomic E-state index is 0.0405. The molecule has 5 heteroatoms. The van der Waals surface area contributed by atoms with Crippen molar-refractivity contribution in [2.75, 3.05) is 18.4 Å². The summed E-state index contributed by atoms with van der Waals surface area (Å²) in [5.74, 6) is -0.838. The number of carboxylic acids is 1. The topological polar surface area (TPSA) is 85.2 Å². The van der Waals surface area contributed by atoms with E-state index in [1.807, 2.05) is 25.1 Å². The zero-order valence-corrected chi connectivity index (χ0v) is 10.2. The molecule has 0 bridgehead atoms. The number of nitrogens with one attached hydrogen (secondary N) is 2. The third-order valence-electron chi connectivity index (χ3n) is 3.20. The number of carboxylic acid groups (broad SMARTS) is 1. The fraction of sp³-hybridized carbons (Fsp3) is 0.385. The summed E-state index contributed by atoms with van der Waals surface area (Å²) in [6, 6.07) is 7.70. The number of nitriles is 1. The normalized spacial score (nSPS) is 16.4. The van der Waals surface area contributed by atoms with E-state index in [9.17, 15) is 4.79 Å². The third-order valence-corrected chi connectivity index (χ3v) is 3.20. The van der Waals surface area contributed by atoms with Crippen LogP contribution in [0.15, 0.2) is 18.2 Å². The molecule has 0 unspecified atom stereocenters. The maximum Gasteiger partial charge on any atom is 0.305 e. The predicted molar refractivity (Wildman–Crippen MR) is 67.4 cm³/mol. The van der Waals surface area contributed by atoms with Gasteiger partial charge in [0.15, 0.2) is 0 Å². The molecule has 0 saturated carbocycles. The average molecular weight is 245 g/mol. The fourth-order valence-corrected chi connectivity index (χ4v) is 2.18. The number of anilines is 1. The van der Waals surface area contributed by atoms with Gasteiger partial charge in [-0.25, -0.2) is 0 Å². The Hall–Kier alpha value is -2.06. The van der Waals surface area contributed by atoms with Gasteiger partial charge in [-0.05, 0) is 18.6 Å². The quantitative estimate of drug-likeness (QED) is 0.739. The maximum atomic E-state index is 10.9. The molecule has 1 aromatic rings. The molecule has 0 spiro atoms. The number of nitrogens with zero attached hydrogens (tertiary/aromatic N) is 1. The van der Waals surface area contributed by atoms with Crippen molar-refractivity contribution in [3.8, 4) is 6.07 Å². The van der Waals surface area contributed by atoms with Crippen LogP contribution in [-0.2, 0) is 4.79 Å². The van der Waals surface area contributed by atoms with Gasteiger partial charge >= 0.3 is 5.97 Å². The Balaban J connectivity index is 2.26. The van der Waals surface area contributed by atoms with Crippen molar-refractivity contribution in [3.05, 3.63) is 29.3 Å². The van der Waals surface area contributed by atoms with Crippen LogP contribution in [0, 0.1) is 18.3 Å². The van der Waals surface area contributed by atoms with Crippen molar-refractivity contribution >= 4 is 11.7 Å². The summed E-state index contributed by atoms with van der Waals surface area (Å²) in [6.07, 6.45) is 0.0405. The van der Waals surface area contributed by atoms with Crippen molar-refractivity contribution in [1.29, 1.82) is 5.26 Å². The molecule has 1 saturated heterocycles. The number of hydrogen-bond donors (Lipinski definition) is 3. The van der Waals surface area contributed by atoms with Gasteiger partial charge in [0.05, 0.1) is 23.2 Å². The average Bonchev–Trinajstić information content (AvgIpc) is 2.25.